The lowest BCUT2D eigenvalue weighted by molar-refractivity contribution is -0.120. The Morgan fingerprint density at radius 2 is 1.78 bits per heavy atom. The number of carbonyl (C=O) groups excluding carboxylic acids is 1. The van der Waals surface area contributed by atoms with Crippen LogP contribution in [-0.2, 0) is 17.7 Å². The van der Waals surface area contributed by atoms with Crippen molar-refractivity contribution >= 4 is 11.7 Å². The van der Waals surface area contributed by atoms with Crippen molar-refractivity contribution in [1.82, 2.24) is 34.9 Å². The number of benzene rings is 1. The molecule has 4 fully saturated rings. The summed E-state index contributed by atoms with van der Waals surface area (Å²) in [6.45, 7) is 13.1. The second-order valence-corrected chi connectivity index (χ2v) is 16.5. The number of methoxy groups -OCH3 is 1. The highest BCUT2D eigenvalue weighted by atomic mass is 19.3. The maximum absolute atomic E-state index is 14.5. The van der Waals surface area contributed by atoms with E-state index in [1.165, 1.54) is 28.9 Å². The summed E-state index contributed by atoms with van der Waals surface area (Å²) in [6.07, 6.45) is 6.27. The molecule has 12 nitrogen and oxygen atoms in total. The highest BCUT2D eigenvalue weighted by Crippen LogP contribution is 2.52. The number of rotatable bonds is 13. The van der Waals surface area contributed by atoms with Gasteiger partial charge in [-0.1, -0.05) is 0 Å². The molecule has 5 heterocycles. The number of likely N-dealkylation sites (tertiary alicyclic amines) is 1. The second-order valence-electron chi connectivity index (χ2n) is 16.5. The highest BCUT2D eigenvalue weighted by molar-refractivity contribution is 5.97. The van der Waals surface area contributed by atoms with E-state index in [2.05, 4.69) is 41.8 Å². The Bertz CT molecular complexity index is 1850. The van der Waals surface area contributed by atoms with Gasteiger partial charge in [0, 0.05) is 101 Å². The van der Waals surface area contributed by atoms with Crippen LogP contribution in [0.15, 0.2) is 36.8 Å². The average Bonchev–Trinajstić information content (AvgIpc) is 3.08. The summed E-state index contributed by atoms with van der Waals surface area (Å²) in [5.74, 6) is -2.51. The van der Waals surface area contributed by atoms with Gasteiger partial charge in [-0.3, -0.25) is 19.6 Å². The third kappa shape index (κ3) is 7.34. The predicted molar refractivity (Wildman–Crippen MR) is 194 cm³/mol. The van der Waals surface area contributed by atoms with Gasteiger partial charge in [0.2, 0.25) is 0 Å². The number of pyridine rings is 1. The molecule has 1 spiro atoms. The molecular formula is C39H49F3N8O4. The lowest BCUT2D eigenvalue weighted by Crippen LogP contribution is -2.65. The molecule has 1 amide bonds. The van der Waals surface area contributed by atoms with E-state index < -0.39 is 36.5 Å². The van der Waals surface area contributed by atoms with E-state index in [-0.39, 0.29) is 40.4 Å². The third-order valence-electron chi connectivity index (χ3n) is 11.9. The van der Waals surface area contributed by atoms with Crippen LogP contribution in [0, 0.1) is 11.2 Å². The van der Waals surface area contributed by atoms with Crippen LogP contribution in [0.2, 0.25) is 0 Å². The molecule has 3 aromatic rings. The monoisotopic (exact) mass is 750 g/mol. The number of nitrogens with zero attached hydrogens (tertiary/aromatic N) is 8. The van der Waals surface area contributed by atoms with Gasteiger partial charge in [-0.2, -0.15) is 0 Å². The molecule has 5 aliphatic rings. The van der Waals surface area contributed by atoms with E-state index in [0.717, 1.165) is 95.6 Å². The summed E-state index contributed by atoms with van der Waals surface area (Å²) in [5, 5.41) is 8.09. The molecule has 2 aliphatic carbocycles. The van der Waals surface area contributed by atoms with Gasteiger partial charge in [0.25, 0.3) is 17.7 Å². The topological polar surface area (TPSA) is 109 Å². The molecule has 2 saturated carbocycles. The zero-order valence-corrected chi connectivity index (χ0v) is 31.4. The van der Waals surface area contributed by atoms with Crippen LogP contribution < -0.4 is 14.4 Å². The van der Waals surface area contributed by atoms with E-state index in [4.69, 9.17) is 14.2 Å². The number of halogens is 3. The fraction of sp³-hybridized carbons (Fsp3) is 0.615. The number of anilines is 1. The highest BCUT2D eigenvalue weighted by Gasteiger charge is 2.55. The molecule has 8 rings (SSSR count). The minimum absolute atomic E-state index is 0.00282. The van der Waals surface area contributed by atoms with Gasteiger partial charge in [-0.05, 0) is 77.4 Å². The van der Waals surface area contributed by atoms with Crippen molar-refractivity contribution in [3.63, 3.8) is 0 Å². The number of hydrogen-bond donors (Lipinski definition) is 0. The molecule has 3 aliphatic heterocycles. The number of aromatic nitrogens is 4. The Morgan fingerprint density at radius 1 is 1.02 bits per heavy atom. The van der Waals surface area contributed by atoms with Gasteiger partial charge in [-0.25, -0.2) is 18.2 Å². The first-order valence-electron chi connectivity index (χ1n) is 19.1. The zero-order chi connectivity index (χ0) is 37.8. The average molecular weight is 751 g/mol. The Hall–Kier alpha value is -4.08. The Balaban J connectivity index is 0.867. The molecule has 0 atom stereocenters. The van der Waals surface area contributed by atoms with Crippen LogP contribution in [0.5, 0.6) is 17.4 Å². The first-order chi connectivity index (χ1) is 25.8. The number of fused-ring (bicyclic) bond motifs is 1. The molecule has 2 saturated heterocycles. The van der Waals surface area contributed by atoms with Crippen LogP contribution in [0.1, 0.15) is 74.5 Å². The SMILES string of the molecule is COC1(C)CN(CCCN2CCc3nccc(OC4CC5(C4)CN(c4ncnnc4Oc4ccc(F)cc4C(=O)N(C(C)C)C4CC(F)(F)C4)C5)c3C2)C1. The summed E-state index contributed by atoms with van der Waals surface area (Å²) < 4.78 is 60.4. The molecule has 0 N–H and O–H groups in total. The molecule has 54 heavy (non-hydrogen) atoms. The van der Waals surface area contributed by atoms with Crippen molar-refractivity contribution in [2.24, 2.45) is 5.41 Å². The van der Waals surface area contributed by atoms with Gasteiger partial charge in [0.1, 0.15) is 29.7 Å². The predicted octanol–water partition coefficient (Wildman–Crippen LogP) is 5.36. The van der Waals surface area contributed by atoms with Gasteiger partial charge in [0.05, 0.1) is 11.2 Å². The quantitative estimate of drug-likeness (QED) is 0.225. The summed E-state index contributed by atoms with van der Waals surface area (Å²) in [7, 11) is 1.79. The number of ether oxygens (including phenoxy) is 3. The molecule has 2 aromatic heterocycles. The van der Waals surface area contributed by atoms with Gasteiger partial charge in [-0.15, -0.1) is 10.2 Å². The molecule has 290 valence electrons. The maximum Gasteiger partial charge on any atom is 0.282 e. The molecule has 0 radical (unpaired) electrons. The van der Waals surface area contributed by atoms with E-state index >= 15 is 0 Å². The van der Waals surface area contributed by atoms with E-state index in [1.54, 1.807) is 21.0 Å². The van der Waals surface area contributed by atoms with Crippen LogP contribution in [0.4, 0.5) is 19.0 Å². The number of amides is 1. The van der Waals surface area contributed by atoms with Crippen molar-refractivity contribution in [3.8, 4) is 17.4 Å². The van der Waals surface area contributed by atoms with Crippen molar-refractivity contribution in [3.05, 3.63) is 59.4 Å². The van der Waals surface area contributed by atoms with Gasteiger partial charge < -0.3 is 24.0 Å². The second kappa shape index (κ2) is 14.2. The smallest absolute Gasteiger partial charge is 0.282 e. The zero-order valence-electron chi connectivity index (χ0n) is 31.4. The first-order valence-corrected chi connectivity index (χ1v) is 19.1. The summed E-state index contributed by atoms with van der Waals surface area (Å²) in [4.78, 5) is 31.3. The minimum Gasteiger partial charge on any atom is -0.490 e. The van der Waals surface area contributed by atoms with Crippen LogP contribution in [-0.4, -0.2) is 123 Å². The lowest BCUT2D eigenvalue weighted by atomic mass is 9.61. The normalized spacial score (nSPS) is 21.8. The van der Waals surface area contributed by atoms with Crippen molar-refractivity contribution in [2.45, 2.75) is 95.6 Å². The van der Waals surface area contributed by atoms with Crippen LogP contribution in [0.3, 0.4) is 0 Å². The van der Waals surface area contributed by atoms with Gasteiger partial charge >= 0.3 is 0 Å². The van der Waals surface area contributed by atoms with Crippen molar-refractivity contribution in [2.75, 3.05) is 57.8 Å². The molecule has 15 heteroatoms. The van der Waals surface area contributed by atoms with Crippen molar-refractivity contribution < 1.29 is 32.2 Å². The number of carbonyl (C=O) groups is 1. The Labute approximate surface area is 314 Å². The number of hydrogen-bond acceptors (Lipinski definition) is 11. The lowest BCUT2D eigenvalue weighted by Gasteiger charge is -2.58. The summed E-state index contributed by atoms with van der Waals surface area (Å²) in [5.41, 5.74) is 2.33. The maximum atomic E-state index is 14.5. The van der Waals surface area contributed by atoms with E-state index in [0.29, 0.717) is 5.82 Å². The minimum atomic E-state index is -2.82. The Morgan fingerprint density at radius 3 is 2.50 bits per heavy atom. The van der Waals surface area contributed by atoms with Crippen molar-refractivity contribution in [1.29, 1.82) is 0 Å². The molecular weight excluding hydrogens is 701 g/mol. The Kier molecular flexibility index (Phi) is 9.70. The first kappa shape index (κ1) is 36.9. The summed E-state index contributed by atoms with van der Waals surface area (Å²) >= 11 is 0. The molecule has 0 bridgehead atoms. The van der Waals surface area contributed by atoms with E-state index in [9.17, 15) is 18.0 Å². The molecule has 0 unspecified atom stereocenters. The summed E-state index contributed by atoms with van der Waals surface area (Å²) in [6, 6.07) is 4.58. The largest absolute Gasteiger partial charge is 0.490 e. The van der Waals surface area contributed by atoms with Crippen LogP contribution in [0.25, 0.3) is 0 Å². The number of alkyl halides is 2. The fourth-order valence-electron chi connectivity index (χ4n) is 9.01. The standard InChI is InChI=1S/C39H49F3N8O4/c1-25(2)50(27-15-39(41,42)16-27)36(51)29-14-26(40)6-7-32(29)54-35-34(44-24-45-46-35)49-22-38(23-49)17-28(18-38)53-33-8-10-43-31-9-13-47(19-30(31)33)11-5-12-48-20-37(3,21-48)52-4/h6-8,10,14,24-25,27-28H,5,9,11-13,15-23H2,1-4H3. The third-order valence-corrected chi connectivity index (χ3v) is 11.9. The fourth-order valence-corrected chi connectivity index (χ4v) is 9.01. The van der Waals surface area contributed by atoms with Gasteiger partial charge in [0.15, 0.2) is 5.82 Å². The van der Waals surface area contributed by atoms with E-state index in [1.807, 2.05) is 12.3 Å². The van der Waals surface area contributed by atoms with Crippen LogP contribution >= 0.6 is 0 Å². The molecule has 1 aromatic carbocycles.